The normalized spacial score (nSPS) is 41.8. The number of esters is 2. The van der Waals surface area contributed by atoms with Gasteiger partial charge in [0, 0.05) is 0 Å². The van der Waals surface area contributed by atoms with Crippen LogP contribution >= 0.6 is 0 Å². The molecule has 4 aliphatic carbocycles. The second kappa shape index (κ2) is 3.72. The minimum Gasteiger partial charge on any atom is -0.469 e. The molecule has 18 heavy (non-hydrogen) atoms. The monoisotopic (exact) mass is 251 g/mol. The zero-order valence-electron chi connectivity index (χ0n) is 11.0. The second-order valence-corrected chi connectivity index (χ2v) is 6.30. The van der Waals surface area contributed by atoms with Crippen LogP contribution < -0.4 is 0 Å². The zero-order chi connectivity index (χ0) is 13.0. The highest BCUT2D eigenvalue weighted by molar-refractivity contribution is 5.83. The molecule has 99 valence electrons. The molecule has 4 rings (SSSR count). The Balaban J connectivity index is 1.97. The molecule has 0 aliphatic heterocycles. The molecule has 0 saturated heterocycles. The molecule has 4 aliphatic rings. The van der Waals surface area contributed by atoms with Gasteiger partial charge in [0.25, 0.3) is 0 Å². The van der Waals surface area contributed by atoms with Gasteiger partial charge in [0.15, 0.2) is 0 Å². The molecule has 2 unspecified atom stereocenters. The Morgan fingerprint density at radius 2 is 1.56 bits per heavy atom. The van der Waals surface area contributed by atoms with Crippen LogP contribution in [0.4, 0.5) is 0 Å². The van der Waals surface area contributed by atoms with Crippen molar-refractivity contribution in [1.82, 2.24) is 0 Å². The van der Waals surface area contributed by atoms with Crippen LogP contribution in [0.2, 0.25) is 0 Å². The highest BCUT2D eigenvalue weighted by Crippen LogP contribution is 2.66. The van der Waals surface area contributed by atoms with Crippen LogP contribution in [0.25, 0.3) is 0 Å². The summed E-state index contributed by atoms with van der Waals surface area (Å²) < 4.78 is 9.98. The van der Waals surface area contributed by atoms with Gasteiger partial charge < -0.3 is 9.47 Å². The topological polar surface area (TPSA) is 52.6 Å². The molecule has 4 saturated carbocycles. The van der Waals surface area contributed by atoms with Gasteiger partial charge in [-0.1, -0.05) is 0 Å². The molecule has 0 aromatic heterocycles. The first-order chi connectivity index (χ1) is 8.53. The SMILES string of the molecule is COC(=O)C12C[C]3CC(C1)CC(C(=O)OC)(C3)C2. The lowest BCUT2D eigenvalue weighted by molar-refractivity contribution is -0.180. The minimum absolute atomic E-state index is 0.141. The molecular formula is C14H19O4. The first kappa shape index (κ1) is 12.0. The molecule has 0 aromatic rings. The lowest BCUT2D eigenvalue weighted by Crippen LogP contribution is -2.57. The Morgan fingerprint density at radius 1 is 1.06 bits per heavy atom. The molecule has 4 fully saturated rings. The van der Waals surface area contributed by atoms with Crippen molar-refractivity contribution in [2.45, 2.75) is 38.5 Å². The average molecular weight is 251 g/mol. The Kier molecular flexibility index (Phi) is 2.48. The largest absolute Gasteiger partial charge is 0.469 e. The first-order valence-corrected chi connectivity index (χ1v) is 6.54. The van der Waals surface area contributed by atoms with Gasteiger partial charge in [0.2, 0.25) is 0 Å². The van der Waals surface area contributed by atoms with E-state index >= 15 is 0 Å². The van der Waals surface area contributed by atoms with E-state index in [0.717, 1.165) is 32.1 Å². The predicted molar refractivity (Wildman–Crippen MR) is 63.3 cm³/mol. The Bertz CT molecular complexity index is 353. The van der Waals surface area contributed by atoms with Crippen LogP contribution in [-0.2, 0) is 19.1 Å². The molecule has 4 heteroatoms. The molecule has 0 spiro atoms. The van der Waals surface area contributed by atoms with Crippen LogP contribution in [-0.4, -0.2) is 26.2 Å². The van der Waals surface area contributed by atoms with Crippen molar-refractivity contribution in [1.29, 1.82) is 0 Å². The fourth-order valence-corrected chi connectivity index (χ4v) is 4.84. The summed E-state index contributed by atoms with van der Waals surface area (Å²) in [5.41, 5.74) is -0.893. The van der Waals surface area contributed by atoms with Gasteiger partial charge in [-0.2, -0.15) is 0 Å². The lowest BCUT2D eigenvalue weighted by Gasteiger charge is -2.59. The summed E-state index contributed by atoms with van der Waals surface area (Å²) in [5.74, 6) is 1.53. The van der Waals surface area contributed by atoms with Gasteiger partial charge in [-0.3, -0.25) is 9.59 Å². The van der Waals surface area contributed by atoms with E-state index in [9.17, 15) is 9.59 Å². The van der Waals surface area contributed by atoms with Gasteiger partial charge in [0.1, 0.15) is 0 Å². The maximum absolute atomic E-state index is 12.1. The first-order valence-electron chi connectivity index (χ1n) is 6.54. The molecule has 0 amide bonds. The van der Waals surface area contributed by atoms with Crippen LogP contribution in [0, 0.1) is 22.7 Å². The lowest BCUT2D eigenvalue weighted by atomic mass is 9.44. The molecule has 2 atom stereocenters. The average Bonchev–Trinajstić information content (AvgIpc) is 2.35. The summed E-state index contributed by atoms with van der Waals surface area (Å²) in [6.45, 7) is 0. The fraction of sp³-hybridized carbons (Fsp3) is 0.786. The molecule has 4 nitrogen and oxygen atoms in total. The summed E-state index contributed by atoms with van der Waals surface area (Å²) in [6, 6.07) is 0. The van der Waals surface area contributed by atoms with Crippen molar-refractivity contribution >= 4 is 11.9 Å². The Labute approximate surface area is 107 Å². The zero-order valence-corrected chi connectivity index (χ0v) is 11.0. The maximum Gasteiger partial charge on any atom is 0.311 e. The highest BCUT2D eigenvalue weighted by Gasteiger charge is 2.64. The summed E-state index contributed by atoms with van der Waals surface area (Å²) in [5, 5.41) is 0. The summed E-state index contributed by atoms with van der Waals surface area (Å²) in [4.78, 5) is 24.3. The fourth-order valence-electron chi connectivity index (χ4n) is 4.84. The summed E-state index contributed by atoms with van der Waals surface area (Å²) in [6.07, 6.45) is 5.07. The van der Waals surface area contributed by atoms with E-state index in [1.165, 1.54) is 20.1 Å². The Hall–Kier alpha value is -1.06. The molecule has 1 radical (unpaired) electrons. The van der Waals surface area contributed by atoms with Crippen molar-refractivity contribution in [3.63, 3.8) is 0 Å². The number of carbonyl (C=O) groups is 2. The van der Waals surface area contributed by atoms with Crippen LogP contribution in [0.1, 0.15) is 38.5 Å². The van der Waals surface area contributed by atoms with Crippen molar-refractivity contribution in [2.24, 2.45) is 16.7 Å². The third-order valence-corrected chi connectivity index (χ3v) is 5.03. The Morgan fingerprint density at radius 3 is 1.94 bits per heavy atom. The van der Waals surface area contributed by atoms with Crippen molar-refractivity contribution < 1.29 is 19.1 Å². The number of methoxy groups -OCH3 is 2. The maximum atomic E-state index is 12.1. The van der Waals surface area contributed by atoms with E-state index in [-0.39, 0.29) is 11.9 Å². The number of rotatable bonds is 2. The van der Waals surface area contributed by atoms with Crippen molar-refractivity contribution in [2.75, 3.05) is 14.2 Å². The number of hydrogen-bond acceptors (Lipinski definition) is 4. The second-order valence-electron chi connectivity index (χ2n) is 6.30. The van der Waals surface area contributed by atoms with E-state index in [2.05, 4.69) is 0 Å². The van der Waals surface area contributed by atoms with Crippen LogP contribution in [0.15, 0.2) is 0 Å². The number of hydrogen-bond donors (Lipinski definition) is 0. The molecule has 0 heterocycles. The van der Waals surface area contributed by atoms with E-state index in [0.29, 0.717) is 12.3 Å². The quantitative estimate of drug-likeness (QED) is 0.703. The number of ether oxygens (including phenoxy) is 2. The molecule has 0 aromatic carbocycles. The number of carbonyl (C=O) groups excluding carboxylic acids is 2. The molecular weight excluding hydrogens is 232 g/mol. The molecule has 4 bridgehead atoms. The smallest absolute Gasteiger partial charge is 0.311 e. The third-order valence-electron chi connectivity index (χ3n) is 5.03. The molecule has 0 N–H and O–H groups in total. The minimum atomic E-state index is -0.447. The summed E-state index contributed by atoms with van der Waals surface area (Å²) >= 11 is 0. The van der Waals surface area contributed by atoms with Gasteiger partial charge in [-0.25, -0.2) is 0 Å². The highest BCUT2D eigenvalue weighted by atomic mass is 16.5. The van der Waals surface area contributed by atoms with Gasteiger partial charge >= 0.3 is 11.9 Å². The van der Waals surface area contributed by atoms with E-state index in [1.807, 2.05) is 0 Å². The predicted octanol–water partition coefficient (Wildman–Crippen LogP) is 1.88. The van der Waals surface area contributed by atoms with Crippen molar-refractivity contribution in [3.05, 3.63) is 5.92 Å². The van der Waals surface area contributed by atoms with E-state index in [1.54, 1.807) is 0 Å². The van der Waals surface area contributed by atoms with Gasteiger partial charge in [-0.05, 0) is 50.4 Å². The van der Waals surface area contributed by atoms with E-state index in [4.69, 9.17) is 9.47 Å². The van der Waals surface area contributed by atoms with Crippen LogP contribution in [0.3, 0.4) is 0 Å². The van der Waals surface area contributed by atoms with Crippen LogP contribution in [0.5, 0.6) is 0 Å². The van der Waals surface area contributed by atoms with E-state index < -0.39 is 10.8 Å². The van der Waals surface area contributed by atoms with Crippen molar-refractivity contribution in [3.8, 4) is 0 Å². The van der Waals surface area contributed by atoms with Gasteiger partial charge in [0.05, 0.1) is 25.0 Å². The summed E-state index contributed by atoms with van der Waals surface area (Å²) in [7, 11) is 2.88. The standard InChI is InChI=1S/C14H19O4/c1-17-11(15)13-4-9-3-10(5-13)7-14(6-9,8-13)12(16)18-2/h9H,3-8H2,1-2H3. The van der Waals surface area contributed by atoms with Gasteiger partial charge in [-0.15, -0.1) is 0 Å². The third kappa shape index (κ3) is 1.44.